The molecule has 0 bridgehead atoms. The minimum Gasteiger partial charge on any atom is -0.479 e. The van der Waals surface area contributed by atoms with E-state index in [2.05, 4.69) is 25.9 Å². The molecule has 7 heteroatoms. The largest absolute Gasteiger partial charge is 0.479 e. The molecular formula is C12H13BrN2O4. The van der Waals surface area contributed by atoms with Crippen LogP contribution in [0.1, 0.15) is 23.8 Å². The van der Waals surface area contributed by atoms with Crippen LogP contribution >= 0.6 is 15.9 Å². The third-order valence-corrected chi connectivity index (χ3v) is 3.24. The molecule has 0 radical (unpaired) electrons. The summed E-state index contributed by atoms with van der Waals surface area (Å²) < 4.78 is 10.4. The molecule has 2 rings (SSSR count). The summed E-state index contributed by atoms with van der Waals surface area (Å²) in [6.45, 7) is 2.05. The standard InChI is InChI=1S/C12H13BrN2O4/c1-3-19-12(17)7-4-6(7)10(16)9-11(18-2)15-8(13)5-14-9/h5-7H,3-4H2,1-2H3. The molecule has 0 aromatic carbocycles. The van der Waals surface area contributed by atoms with E-state index < -0.39 is 0 Å². The number of carbonyl (C=O) groups excluding carboxylic acids is 2. The van der Waals surface area contributed by atoms with Gasteiger partial charge >= 0.3 is 5.97 Å². The van der Waals surface area contributed by atoms with Gasteiger partial charge in [-0.15, -0.1) is 0 Å². The van der Waals surface area contributed by atoms with Gasteiger partial charge in [0.1, 0.15) is 4.60 Å². The Labute approximate surface area is 118 Å². The molecule has 102 valence electrons. The zero-order valence-corrected chi connectivity index (χ0v) is 12.1. The van der Waals surface area contributed by atoms with Crippen LogP contribution < -0.4 is 4.74 Å². The normalized spacial score (nSPS) is 20.8. The summed E-state index contributed by atoms with van der Waals surface area (Å²) in [5.74, 6) is -1.13. The van der Waals surface area contributed by atoms with Crippen LogP contribution in [0.4, 0.5) is 0 Å². The fourth-order valence-electron chi connectivity index (χ4n) is 1.83. The van der Waals surface area contributed by atoms with Crippen LogP contribution in [0.2, 0.25) is 0 Å². The number of hydrogen-bond donors (Lipinski definition) is 0. The number of ether oxygens (including phenoxy) is 2. The van der Waals surface area contributed by atoms with Gasteiger partial charge in [0.2, 0.25) is 5.88 Å². The van der Waals surface area contributed by atoms with Gasteiger partial charge in [-0.3, -0.25) is 9.59 Å². The lowest BCUT2D eigenvalue weighted by molar-refractivity contribution is -0.144. The molecule has 1 heterocycles. The van der Waals surface area contributed by atoms with E-state index in [1.165, 1.54) is 13.3 Å². The second-order valence-electron chi connectivity index (χ2n) is 4.12. The first kappa shape index (κ1) is 13.9. The van der Waals surface area contributed by atoms with E-state index in [0.717, 1.165) is 0 Å². The molecule has 1 aromatic heterocycles. The second kappa shape index (κ2) is 5.64. The monoisotopic (exact) mass is 328 g/mol. The maximum Gasteiger partial charge on any atom is 0.309 e. The lowest BCUT2D eigenvalue weighted by atomic mass is 10.1. The maximum atomic E-state index is 12.2. The maximum absolute atomic E-state index is 12.2. The Morgan fingerprint density at radius 1 is 1.47 bits per heavy atom. The van der Waals surface area contributed by atoms with E-state index in [9.17, 15) is 9.59 Å². The summed E-state index contributed by atoms with van der Waals surface area (Å²) >= 11 is 3.16. The summed E-state index contributed by atoms with van der Waals surface area (Å²) in [7, 11) is 1.42. The van der Waals surface area contributed by atoms with Gasteiger partial charge in [0.15, 0.2) is 11.5 Å². The van der Waals surface area contributed by atoms with Crippen molar-refractivity contribution in [1.82, 2.24) is 9.97 Å². The SMILES string of the molecule is CCOC(=O)C1CC1C(=O)c1ncc(Br)nc1OC. The number of methoxy groups -OCH3 is 1. The van der Waals surface area contributed by atoms with Crippen molar-refractivity contribution in [2.45, 2.75) is 13.3 Å². The topological polar surface area (TPSA) is 78.4 Å². The minimum absolute atomic E-state index is 0.155. The average Bonchev–Trinajstić information content (AvgIpc) is 3.18. The van der Waals surface area contributed by atoms with E-state index in [1.807, 2.05) is 0 Å². The van der Waals surface area contributed by atoms with Crippen molar-refractivity contribution in [1.29, 1.82) is 0 Å². The van der Waals surface area contributed by atoms with Gasteiger partial charge in [0, 0.05) is 5.92 Å². The van der Waals surface area contributed by atoms with Gasteiger partial charge in [0.25, 0.3) is 0 Å². The fraction of sp³-hybridized carbons (Fsp3) is 0.500. The summed E-state index contributed by atoms with van der Waals surface area (Å²) in [4.78, 5) is 31.8. The molecule has 1 aliphatic carbocycles. The molecule has 1 aliphatic rings. The van der Waals surface area contributed by atoms with Crippen molar-refractivity contribution in [2.24, 2.45) is 11.8 Å². The number of rotatable bonds is 5. The smallest absolute Gasteiger partial charge is 0.309 e. The zero-order valence-electron chi connectivity index (χ0n) is 10.6. The second-order valence-corrected chi connectivity index (χ2v) is 4.93. The van der Waals surface area contributed by atoms with Gasteiger partial charge in [-0.05, 0) is 29.3 Å². The van der Waals surface area contributed by atoms with Crippen LogP contribution in [-0.4, -0.2) is 35.4 Å². The Kier molecular flexibility index (Phi) is 4.14. The van der Waals surface area contributed by atoms with Crippen molar-refractivity contribution in [3.8, 4) is 5.88 Å². The van der Waals surface area contributed by atoms with Gasteiger partial charge in [0.05, 0.1) is 25.8 Å². The lowest BCUT2D eigenvalue weighted by Crippen LogP contribution is -2.14. The van der Waals surface area contributed by atoms with Gasteiger partial charge in [-0.2, -0.15) is 0 Å². The van der Waals surface area contributed by atoms with Gasteiger partial charge < -0.3 is 9.47 Å². The molecule has 2 atom stereocenters. The number of nitrogens with zero attached hydrogens (tertiary/aromatic N) is 2. The van der Waals surface area contributed by atoms with E-state index in [1.54, 1.807) is 6.92 Å². The first-order valence-electron chi connectivity index (χ1n) is 5.85. The number of esters is 1. The third-order valence-electron chi connectivity index (χ3n) is 2.85. The first-order valence-corrected chi connectivity index (χ1v) is 6.65. The average molecular weight is 329 g/mol. The molecule has 1 fully saturated rings. The highest BCUT2D eigenvalue weighted by molar-refractivity contribution is 9.10. The molecule has 2 unspecified atom stereocenters. The van der Waals surface area contributed by atoms with Crippen molar-refractivity contribution < 1.29 is 19.1 Å². The van der Waals surface area contributed by atoms with Crippen molar-refractivity contribution in [2.75, 3.05) is 13.7 Å². The molecule has 6 nitrogen and oxygen atoms in total. The predicted octanol–water partition coefficient (Wildman–Crippen LogP) is 1.63. The van der Waals surface area contributed by atoms with Crippen LogP contribution in [0.3, 0.4) is 0 Å². The van der Waals surface area contributed by atoms with Gasteiger partial charge in [-0.25, -0.2) is 9.97 Å². The van der Waals surface area contributed by atoms with Crippen LogP contribution in [-0.2, 0) is 9.53 Å². The molecular weight excluding hydrogens is 316 g/mol. The molecule has 1 aromatic rings. The Balaban J connectivity index is 2.12. The Hall–Kier alpha value is -1.50. The van der Waals surface area contributed by atoms with Crippen molar-refractivity contribution in [3.63, 3.8) is 0 Å². The van der Waals surface area contributed by atoms with E-state index in [4.69, 9.17) is 9.47 Å². The van der Waals surface area contributed by atoms with Crippen LogP contribution in [0.25, 0.3) is 0 Å². The summed E-state index contributed by atoms with van der Waals surface area (Å²) in [6, 6.07) is 0. The molecule has 1 saturated carbocycles. The molecule has 0 spiro atoms. The number of Topliss-reactive ketones (excluding diaryl/α,β-unsaturated/α-hetero) is 1. The summed E-state index contributed by atoms with van der Waals surface area (Å²) in [5, 5.41) is 0. The molecule has 0 aliphatic heterocycles. The number of aromatic nitrogens is 2. The zero-order chi connectivity index (χ0) is 14.0. The van der Waals surface area contributed by atoms with E-state index in [0.29, 0.717) is 17.6 Å². The molecule has 0 amide bonds. The quantitative estimate of drug-likeness (QED) is 0.603. The predicted molar refractivity (Wildman–Crippen MR) is 68.8 cm³/mol. The first-order chi connectivity index (χ1) is 9.08. The summed E-state index contributed by atoms with van der Waals surface area (Å²) in [6.07, 6.45) is 1.93. The lowest BCUT2D eigenvalue weighted by Gasteiger charge is -2.05. The highest BCUT2D eigenvalue weighted by atomic mass is 79.9. The van der Waals surface area contributed by atoms with E-state index >= 15 is 0 Å². The molecule has 0 N–H and O–H groups in total. The fourth-order valence-corrected chi connectivity index (χ4v) is 2.10. The highest BCUT2D eigenvalue weighted by Gasteiger charge is 2.50. The number of ketones is 1. The highest BCUT2D eigenvalue weighted by Crippen LogP contribution is 2.42. The third kappa shape index (κ3) is 2.91. The number of hydrogen-bond acceptors (Lipinski definition) is 6. The minimum atomic E-state index is -0.372. The molecule has 0 saturated heterocycles. The van der Waals surface area contributed by atoms with E-state index in [-0.39, 0.29) is 35.2 Å². The summed E-state index contributed by atoms with van der Waals surface area (Å²) in [5.41, 5.74) is 0.155. The van der Waals surface area contributed by atoms with Crippen LogP contribution in [0, 0.1) is 11.8 Å². The number of carbonyl (C=O) groups is 2. The van der Waals surface area contributed by atoms with Crippen LogP contribution in [0.5, 0.6) is 5.88 Å². The van der Waals surface area contributed by atoms with Crippen molar-refractivity contribution in [3.05, 3.63) is 16.5 Å². The Morgan fingerprint density at radius 2 is 2.21 bits per heavy atom. The van der Waals surface area contributed by atoms with Crippen LogP contribution in [0.15, 0.2) is 10.8 Å². The molecule has 19 heavy (non-hydrogen) atoms. The van der Waals surface area contributed by atoms with Gasteiger partial charge in [-0.1, -0.05) is 0 Å². The Morgan fingerprint density at radius 3 is 2.84 bits per heavy atom. The Bertz CT molecular complexity index is 520. The number of halogens is 1. The van der Waals surface area contributed by atoms with Crippen molar-refractivity contribution >= 4 is 27.7 Å².